The zero-order chi connectivity index (χ0) is 18.7. The van der Waals surface area contributed by atoms with Crippen molar-refractivity contribution in [1.82, 2.24) is 5.32 Å². The smallest absolute Gasteiger partial charge is 0.319 e. The SMILES string of the molecule is COc1ccc(N2C[C@H](NC(=O)Nc3ccc(F)c(Cl)c3)CC2=O)cc1. The van der Waals surface area contributed by atoms with Crippen molar-refractivity contribution in [3.63, 3.8) is 0 Å². The Balaban J connectivity index is 1.59. The van der Waals surface area contributed by atoms with E-state index in [1.54, 1.807) is 36.3 Å². The summed E-state index contributed by atoms with van der Waals surface area (Å²) in [4.78, 5) is 25.9. The van der Waals surface area contributed by atoms with Crippen LogP contribution in [0.3, 0.4) is 0 Å². The summed E-state index contributed by atoms with van der Waals surface area (Å²) in [5, 5.41) is 5.23. The van der Waals surface area contributed by atoms with Crippen LogP contribution >= 0.6 is 11.6 Å². The normalized spacial score (nSPS) is 16.5. The molecule has 3 amide bonds. The van der Waals surface area contributed by atoms with Gasteiger partial charge in [-0.05, 0) is 42.5 Å². The van der Waals surface area contributed by atoms with E-state index in [9.17, 15) is 14.0 Å². The number of halogens is 2. The van der Waals surface area contributed by atoms with E-state index in [1.165, 1.54) is 18.2 Å². The van der Waals surface area contributed by atoms with Gasteiger partial charge in [0.15, 0.2) is 0 Å². The van der Waals surface area contributed by atoms with Gasteiger partial charge in [-0.2, -0.15) is 0 Å². The Morgan fingerprint density at radius 1 is 1.27 bits per heavy atom. The van der Waals surface area contributed by atoms with Gasteiger partial charge in [-0.15, -0.1) is 0 Å². The van der Waals surface area contributed by atoms with E-state index in [1.807, 2.05) is 0 Å². The molecule has 0 spiro atoms. The van der Waals surface area contributed by atoms with Crippen LogP contribution in [-0.4, -0.2) is 31.6 Å². The summed E-state index contributed by atoms with van der Waals surface area (Å²) in [6.07, 6.45) is 0.198. The van der Waals surface area contributed by atoms with Gasteiger partial charge in [-0.1, -0.05) is 11.6 Å². The first kappa shape index (κ1) is 18.0. The average Bonchev–Trinajstić information content (AvgIpc) is 2.98. The molecule has 1 fully saturated rings. The van der Waals surface area contributed by atoms with Gasteiger partial charge >= 0.3 is 6.03 Å². The van der Waals surface area contributed by atoms with Crippen molar-refractivity contribution in [2.24, 2.45) is 0 Å². The lowest BCUT2D eigenvalue weighted by Gasteiger charge is -2.18. The molecule has 136 valence electrons. The highest BCUT2D eigenvalue weighted by Crippen LogP contribution is 2.24. The van der Waals surface area contributed by atoms with Crippen molar-refractivity contribution in [2.45, 2.75) is 12.5 Å². The van der Waals surface area contributed by atoms with E-state index >= 15 is 0 Å². The fourth-order valence-corrected chi connectivity index (χ4v) is 2.92. The molecule has 0 unspecified atom stereocenters. The maximum Gasteiger partial charge on any atom is 0.319 e. The van der Waals surface area contributed by atoms with E-state index in [0.717, 1.165) is 5.69 Å². The van der Waals surface area contributed by atoms with Crippen LogP contribution in [0.15, 0.2) is 42.5 Å². The minimum atomic E-state index is -0.561. The van der Waals surface area contributed by atoms with Crippen LogP contribution in [0.5, 0.6) is 5.75 Å². The van der Waals surface area contributed by atoms with Crippen molar-refractivity contribution in [2.75, 3.05) is 23.9 Å². The van der Waals surface area contributed by atoms with E-state index in [2.05, 4.69) is 10.6 Å². The highest BCUT2D eigenvalue weighted by molar-refractivity contribution is 6.31. The summed E-state index contributed by atoms with van der Waals surface area (Å²) in [5.41, 5.74) is 1.11. The zero-order valence-electron chi connectivity index (χ0n) is 14.0. The third-order valence-corrected chi connectivity index (χ3v) is 4.31. The first-order chi connectivity index (χ1) is 12.5. The molecule has 2 aromatic rings. The van der Waals surface area contributed by atoms with Crippen molar-refractivity contribution in [3.8, 4) is 5.75 Å². The molecule has 6 nitrogen and oxygen atoms in total. The number of urea groups is 1. The number of methoxy groups -OCH3 is 1. The lowest BCUT2D eigenvalue weighted by atomic mass is 10.2. The Kier molecular flexibility index (Phi) is 5.27. The molecule has 0 aromatic heterocycles. The first-order valence-electron chi connectivity index (χ1n) is 7.93. The van der Waals surface area contributed by atoms with Gasteiger partial charge < -0.3 is 20.3 Å². The van der Waals surface area contributed by atoms with Crippen LogP contribution in [-0.2, 0) is 4.79 Å². The second-order valence-corrected chi connectivity index (χ2v) is 6.24. The van der Waals surface area contributed by atoms with Crippen LogP contribution in [0.2, 0.25) is 5.02 Å². The topological polar surface area (TPSA) is 70.7 Å². The van der Waals surface area contributed by atoms with Gasteiger partial charge in [0, 0.05) is 24.3 Å². The molecule has 8 heteroatoms. The predicted octanol–water partition coefficient (Wildman–Crippen LogP) is 3.41. The quantitative estimate of drug-likeness (QED) is 0.857. The summed E-state index contributed by atoms with van der Waals surface area (Å²) in [6, 6.07) is 10.2. The van der Waals surface area contributed by atoms with E-state index in [0.29, 0.717) is 18.0 Å². The van der Waals surface area contributed by atoms with E-state index in [-0.39, 0.29) is 23.4 Å². The fourth-order valence-electron chi connectivity index (χ4n) is 2.74. The van der Waals surface area contributed by atoms with Crippen molar-refractivity contribution < 1.29 is 18.7 Å². The van der Waals surface area contributed by atoms with Crippen molar-refractivity contribution in [3.05, 3.63) is 53.3 Å². The van der Waals surface area contributed by atoms with Crippen molar-refractivity contribution >= 4 is 34.9 Å². The molecule has 1 atom stereocenters. The number of anilines is 2. The van der Waals surface area contributed by atoms with E-state index in [4.69, 9.17) is 16.3 Å². The summed E-state index contributed by atoms with van der Waals surface area (Å²) in [7, 11) is 1.57. The largest absolute Gasteiger partial charge is 0.497 e. The lowest BCUT2D eigenvalue weighted by Crippen LogP contribution is -2.39. The molecule has 0 aliphatic carbocycles. The maximum atomic E-state index is 13.1. The van der Waals surface area contributed by atoms with Crippen LogP contribution in [0.1, 0.15) is 6.42 Å². The first-order valence-corrected chi connectivity index (χ1v) is 8.31. The number of amides is 3. The Bertz CT molecular complexity index is 829. The third-order valence-electron chi connectivity index (χ3n) is 4.02. The highest BCUT2D eigenvalue weighted by Gasteiger charge is 2.31. The van der Waals surface area contributed by atoms with Crippen LogP contribution in [0.4, 0.5) is 20.6 Å². The second kappa shape index (κ2) is 7.61. The molecular weight excluding hydrogens is 361 g/mol. The van der Waals surface area contributed by atoms with E-state index < -0.39 is 11.8 Å². The Morgan fingerprint density at radius 2 is 2.00 bits per heavy atom. The Hall–Kier alpha value is -2.80. The molecule has 2 aromatic carbocycles. The van der Waals surface area contributed by atoms with Gasteiger partial charge in [-0.3, -0.25) is 4.79 Å². The standard InChI is InChI=1S/C18H17ClFN3O3/c1-26-14-5-3-13(4-6-14)23-10-12(9-17(23)24)22-18(25)21-11-2-7-16(20)15(19)8-11/h2-8,12H,9-10H2,1H3,(H2,21,22,25)/t12-/m1/s1. The molecule has 1 heterocycles. The number of carbonyl (C=O) groups is 2. The summed E-state index contributed by atoms with van der Waals surface area (Å²) in [6.45, 7) is 0.364. The predicted molar refractivity (Wildman–Crippen MR) is 97.3 cm³/mol. The summed E-state index contributed by atoms with van der Waals surface area (Å²) >= 11 is 5.69. The molecule has 0 bridgehead atoms. The Morgan fingerprint density at radius 3 is 2.65 bits per heavy atom. The average molecular weight is 378 g/mol. The molecule has 2 N–H and O–H groups in total. The summed E-state index contributed by atoms with van der Waals surface area (Å²) < 4.78 is 18.3. The van der Waals surface area contributed by atoms with Gasteiger partial charge in [0.05, 0.1) is 18.2 Å². The minimum absolute atomic E-state index is 0.0784. The van der Waals surface area contributed by atoms with Crippen molar-refractivity contribution in [1.29, 1.82) is 0 Å². The molecular formula is C18H17ClFN3O3. The number of ether oxygens (including phenoxy) is 1. The van der Waals surface area contributed by atoms with Gasteiger partial charge in [0.2, 0.25) is 5.91 Å². The number of hydrogen-bond acceptors (Lipinski definition) is 3. The number of nitrogens with one attached hydrogen (secondary N) is 2. The molecule has 1 aliphatic rings. The Labute approximate surface area is 154 Å². The molecule has 1 aliphatic heterocycles. The molecule has 0 radical (unpaired) electrons. The number of hydrogen-bond donors (Lipinski definition) is 2. The number of rotatable bonds is 4. The molecule has 1 saturated heterocycles. The second-order valence-electron chi connectivity index (χ2n) is 5.83. The number of nitrogens with zero attached hydrogens (tertiary/aromatic N) is 1. The fraction of sp³-hybridized carbons (Fsp3) is 0.222. The molecule has 3 rings (SSSR count). The van der Waals surface area contributed by atoms with Crippen LogP contribution in [0.25, 0.3) is 0 Å². The molecule has 26 heavy (non-hydrogen) atoms. The minimum Gasteiger partial charge on any atom is -0.497 e. The van der Waals surface area contributed by atoms with Gasteiger partial charge in [-0.25, -0.2) is 9.18 Å². The van der Waals surface area contributed by atoms with Gasteiger partial charge in [0.1, 0.15) is 11.6 Å². The maximum absolute atomic E-state index is 13.1. The van der Waals surface area contributed by atoms with Gasteiger partial charge in [0.25, 0.3) is 0 Å². The number of benzene rings is 2. The van der Waals surface area contributed by atoms with Crippen LogP contribution < -0.4 is 20.3 Å². The number of carbonyl (C=O) groups excluding carboxylic acids is 2. The highest BCUT2D eigenvalue weighted by atomic mass is 35.5. The lowest BCUT2D eigenvalue weighted by molar-refractivity contribution is -0.117. The zero-order valence-corrected chi connectivity index (χ0v) is 14.7. The summed E-state index contributed by atoms with van der Waals surface area (Å²) in [5.74, 6) is 0.0619. The monoisotopic (exact) mass is 377 g/mol. The third kappa shape index (κ3) is 4.05. The molecule has 0 saturated carbocycles. The van der Waals surface area contributed by atoms with Crippen LogP contribution in [0, 0.1) is 5.82 Å².